The van der Waals surface area contributed by atoms with E-state index in [0.717, 1.165) is 9.26 Å². The molecule has 4 heteroatoms. The van der Waals surface area contributed by atoms with Gasteiger partial charge >= 0.3 is 0 Å². The van der Waals surface area contributed by atoms with Crippen LogP contribution < -0.4 is 10.1 Å². The van der Waals surface area contributed by atoms with Crippen LogP contribution in [0.1, 0.15) is 26.3 Å². The van der Waals surface area contributed by atoms with E-state index in [4.69, 9.17) is 4.74 Å². The topological polar surface area (TPSA) is 38.3 Å². The van der Waals surface area contributed by atoms with E-state index in [1.807, 2.05) is 48.5 Å². The summed E-state index contributed by atoms with van der Waals surface area (Å²) in [6.07, 6.45) is 0. The minimum Gasteiger partial charge on any atom is -0.484 e. The average molecular weight is 409 g/mol. The van der Waals surface area contributed by atoms with Gasteiger partial charge in [0.2, 0.25) is 0 Å². The molecule has 3 nitrogen and oxygen atoms in total. The van der Waals surface area contributed by atoms with Crippen molar-refractivity contribution in [2.24, 2.45) is 0 Å². The van der Waals surface area contributed by atoms with Crippen molar-refractivity contribution >= 4 is 34.2 Å². The summed E-state index contributed by atoms with van der Waals surface area (Å²) >= 11 is 2.23. The van der Waals surface area contributed by atoms with E-state index in [1.165, 1.54) is 5.56 Å². The predicted octanol–water partition coefficient (Wildman–Crippen LogP) is 4.61. The van der Waals surface area contributed by atoms with E-state index in [1.54, 1.807) is 0 Å². The van der Waals surface area contributed by atoms with E-state index < -0.39 is 0 Å². The zero-order chi connectivity index (χ0) is 16.2. The Kier molecular flexibility index (Phi) is 5.45. The van der Waals surface area contributed by atoms with Crippen molar-refractivity contribution in [1.82, 2.24) is 0 Å². The molecule has 1 N–H and O–H groups in total. The molecule has 0 fully saturated rings. The Bertz CT molecular complexity index is 628. The van der Waals surface area contributed by atoms with Crippen LogP contribution in [0.15, 0.2) is 48.5 Å². The third-order valence-corrected chi connectivity index (χ3v) is 3.94. The number of carbonyl (C=O) groups excluding carboxylic acids is 1. The molecule has 0 unspecified atom stereocenters. The summed E-state index contributed by atoms with van der Waals surface area (Å²) in [4.78, 5) is 11.9. The second-order valence-corrected chi connectivity index (χ2v) is 7.36. The van der Waals surface area contributed by atoms with Gasteiger partial charge in [-0.15, -0.1) is 0 Å². The molecule has 0 atom stereocenters. The second kappa shape index (κ2) is 7.13. The smallest absolute Gasteiger partial charge is 0.262 e. The molecule has 0 heterocycles. The highest BCUT2D eigenvalue weighted by molar-refractivity contribution is 14.1. The maximum atomic E-state index is 11.9. The third kappa shape index (κ3) is 5.02. The number of ether oxygens (including phenoxy) is 1. The minimum absolute atomic E-state index is 0.00160. The van der Waals surface area contributed by atoms with Crippen LogP contribution in [-0.4, -0.2) is 12.5 Å². The number of carbonyl (C=O) groups is 1. The molecule has 0 saturated carbocycles. The number of amides is 1. The van der Waals surface area contributed by atoms with Crippen LogP contribution >= 0.6 is 22.6 Å². The fraction of sp³-hybridized carbons (Fsp3) is 0.278. The van der Waals surface area contributed by atoms with E-state index in [0.29, 0.717) is 5.75 Å². The minimum atomic E-state index is -0.165. The van der Waals surface area contributed by atoms with Crippen LogP contribution in [0.4, 0.5) is 5.69 Å². The molecule has 0 bridgehead atoms. The van der Waals surface area contributed by atoms with Crippen molar-refractivity contribution < 1.29 is 9.53 Å². The molecule has 0 aliphatic rings. The second-order valence-electron chi connectivity index (χ2n) is 6.12. The van der Waals surface area contributed by atoms with E-state index in [2.05, 4.69) is 48.7 Å². The summed E-state index contributed by atoms with van der Waals surface area (Å²) in [6, 6.07) is 15.5. The van der Waals surface area contributed by atoms with Crippen LogP contribution in [0.25, 0.3) is 0 Å². The largest absolute Gasteiger partial charge is 0.484 e. The van der Waals surface area contributed by atoms with Gasteiger partial charge in [-0.1, -0.05) is 32.9 Å². The average Bonchev–Trinajstić information content (AvgIpc) is 2.46. The van der Waals surface area contributed by atoms with Gasteiger partial charge in [0.25, 0.3) is 5.91 Å². The Morgan fingerprint density at radius 2 is 1.64 bits per heavy atom. The molecule has 116 valence electrons. The molecule has 0 aromatic heterocycles. The van der Waals surface area contributed by atoms with Crippen molar-refractivity contribution in [1.29, 1.82) is 0 Å². The molecular weight excluding hydrogens is 389 g/mol. The van der Waals surface area contributed by atoms with Gasteiger partial charge in [0, 0.05) is 9.26 Å². The summed E-state index contributed by atoms with van der Waals surface area (Å²) in [5, 5.41) is 2.84. The SMILES string of the molecule is CC(C)(C)c1ccc(NC(=O)COc2ccc(I)cc2)cc1. The summed E-state index contributed by atoms with van der Waals surface area (Å²) < 4.78 is 6.59. The first-order valence-corrected chi connectivity index (χ1v) is 8.21. The van der Waals surface area contributed by atoms with Crippen molar-refractivity contribution in [3.05, 3.63) is 57.7 Å². The molecule has 22 heavy (non-hydrogen) atoms. The quantitative estimate of drug-likeness (QED) is 0.750. The maximum Gasteiger partial charge on any atom is 0.262 e. The molecule has 0 radical (unpaired) electrons. The standard InChI is InChI=1S/C18H20INO2/c1-18(2,3)13-4-8-15(9-5-13)20-17(21)12-22-16-10-6-14(19)7-11-16/h4-11H,12H2,1-3H3,(H,20,21). The van der Waals surface area contributed by atoms with Gasteiger partial charge < -0.3 is 10.1 Å². The summed E-state index contributed by atoms with van der Waals surface area (Å²) in [6.45, 7) is 6.49. The summed E-state index contributed by atoms with van der Waals surface area (Å²) in [7, 11) is 0. The van der Waals surface area contributed by atoms with Gasteiger partial charge in [-0.05, 0) is 70.0 Å². The zero-order valence-corrected chi connectivity index (χ0v) is 15.2. The van der Waals surface area contributed by atoms with Crippen molar-refractivity contribution in [2.75, 3.05) is 11.9 Å². The first-order valence-electron chi connectivity index (χ1n) is 7.13. The first kappa shape index (κ1) is 16.8. The number of benzene rings is 2. The summed E-state index contributed by atoms with van der Waals surface area (Å²) in [5.41, 5.74) is 2.13. The Morgan fingerprint density at radius 1 is 1.05 bits per heavy atom. The number of hydrogen-bond donors (Lipinski definition) is 1. The predicted molar refractivity (Wildman–Crippen MR) is 98.4 cm³/mol. The monoisotopic (exact) mass is 409 g/mol. The van der Waals surface area contributed by atoms with Crippen molar-refractivity contribution in [3.63, 3.8) is 0 Å². The first-order chi connectivity index (χ1) is 10.3. The van der Waals surface area contributed by atoms with Crippen LogP contribution in [0.2, 0.25) is 0 Å². The number of halogens is 1. The van der Waals surface area contributed by atoms with Crippen LogP contribution in [0, 0.1) is 3.57 Å². The fourth-order valence-corrected chi connectivity index (χ4v) is 2.29. The molecule has 2 aromatic carbocycles. The molecule has 2 rings (SSSR count). The van der Waals surface area contributed by atoms with E-state index in [9.17, 15) is 4.79 Å². The molecule has 0 saturated heterocycles. The lowest BCUT2D eigenvalue weighted by Gasteiger charge is -2.19. The number of anilines is 1. The molecule has 2 aromatic rings. The fourth-order valence-electron chi connectivity index (χ4n) is 1.93. The van der Waals surface area contributed by atoms with Gasteiger partial charge in [-0.25, -0.2) is 0 Å². The lowest BCUT2D eigenvalue weighted by atomic mass is 9.87. The van der Waals surface area contributed by atoms with E-state index >= 15 is 0 Å². The molecule has 1 amide bonds. The maximum absolute atomic E-state index is 11.9. The molecule has 0 spiro atoms. The Labute approximate surface area is 145 Å². The number of hydrogen-bond acceptors (Lipinski definition) is 2. The van der Waals surface area contributed by atoms with Crippen LogP contribution in [-0.2, 0) is 10.2 Å². The molecular formula is C18H20INO2. The van der Waals surface area contributed by atoms with Crippen LogP contribution in [0.3, 0.4) is 0 Å². The van der Waals surface area contributed by atoms with Gasteiger partial charge in [-0.2, -0.15) is 0 Å². The number of nitrogens with one attached hydrogen (secondary N) is 1. The molecule has 0 aliphatic heterocycles. The van der Waals surface area contributed by atoms with Gasteiger partial charge in [0.15, 0.2) is 6.61 Å². The van der Waals surface area contributed by atoms with E-state index in [-0.39, 0.29) is 17.9 Å². The molecule has 0 aliphatic carbocycles. The lowest BCUT2D eigenvalue weighted by molar-refractivity contribution is -0.118. The highest BCUT2D eigenvalue weighted by Crippen LogP contribution is 2.23. The van der Waals surface area contributed by atoms with Gasteiger partial charge in [0.05, 0.1) is 0 Å². The highest BCUT2D eigenvalue weighted by Gasteiger charge is 2.13. The number of rotatable bonds is 4. The third-order valence-electron chi connectivity index (χ3n) is 3.22. The lowest BCUT2D eigenvalue weighted by Crippen LogP contribution is -2.20. The Balaban J connectivity index is 1.88. The van der Waals surface area contributed by atoms with Gasteiger partial charge in [-0.3, -0.25) is 4.79 Å². The normalized spacial score (nSPS) is 11.1. The van der Waals surface area contributed by atoms with Crippen molar-refractivity contribution in [3.8, 4) is 5.75 Å². The van der Waals surface area contributed by atoms with Gasteiger partial charge in [0.1, 0.15) is 5.75 Å². The zero-order valence-electron chi connectivity index (χ0n) is 13.0. The Morgan fingerprint density at radius 3 is 2.18 bits per heavy atom. The summed E-state index contributed by atoms with van der Waals surface area (Å²) in [5.74, 6) is 0.528. The highest BCUT2D eigenvalue weighted by atomic mass is 127. The van der Waals surface area contributed by atoms with Crippen molar-refractivity contribution in [2.45, 2.75) is 26.2 Å². The van der Waals surface area contributed by atoms with Crippen LogP contribution in [0.5, 0.6) is 5.75 Å². The Hall–Kier alpha value is -1.56.